The third-order valence-electron chi connectivity index (χ3n) is 6.80. The van der Waals surface area contributed by atoms with Gasteiger partial charge in [-0.25, -0.2) is 18.3 Å². The molecule has 0 aliphatic carbocycles. The number of carbonyl (C=O) groups excluding carboxylic acids is 2. The molecule has 8 nitrogen and oxygen atoms in total. The summed E-state index contributed by atoms with van der Waals surface area (Å²) >= 11 is 2.87. The first-order chi connectivity index (χ1) is 19.6. The normalized spacial score (nSPS) is 15.1. The number of rotatable bonds is 6. The fourth-order valence-electron chi connectivity index (χ4n) is 4.77. The molecule has 0 unspecified atom stereocenters. The van der Waals surface area contributed by atoms with Crippen LogP contribution in [0.4, 0.5) is 27.9 Å². The number of amides is 2. The van der Waals surface area contributed by atoms with Gasteiger partial charge in [0.2, 0.25) is 5.95 Å². The highest BCUT2D eigenvalue weighted by atomic mass is 79.9. The van der Waals surface area contributed by atoms with Gasteiger partial charge in [-0.15, -0.1) is 0 Å². The Labute approximate surface area is 246 Å². The Hall–Kier alpha value is -3.81. The molecule has 4 rings (SSSR count). The van der Waals surface area contributed by atoms with Crippen LogP contribution >= 0.6 is 15.9 Å². The van der Waals surface area contributed by atoms with E-state index >= 15 is 0 Å². The van der Waals surface area contributed by atoms with E-state index in [0.29, 0.717) is 0 Å². The molecular weight excluding hydrogens is 629 g/mol. The van der Waals surface area contributed by atoms with Crippen LogP contribution in [0.2, 0.25) is 0 Å². The molecule has 0 saturated carbocycles. The van der Waals surface area contributed by atoms with Crippen LogP contribution in [0.1, 0.15) is 70.3 Å². The van der Waals surface area contributed by atoms with Gasteiger partial charge in [0.15, 0.2) is 0 Å². The minimum Gasteiger partial charge on any atom is -0.355 e. The van der Waals surface area contributed by atoms with Crippen LogP contribution in [0.15, 0.2) is 45.7 Å². The molecule has 2 heterocycles. The summed E-state index contributed by atoms with van der Waals surface area (Å²) in [4.78, 5) is 45.2. The maximum absolute atomic E-state index is 14.2. The van der Waals surface area contributed by atoms with E-state index < -0.39 is 47.1 Å². The van der Waals surface area contributed by atoms with Crippen molar-refractivity contribution in [3.05, 3.63) is 84.7 Å². The number of hydrogen-bond donors (Lipinski definition) is 2. The van der Waals surface area contributed by atoms with Crippen molar-refractivity contribution in [3.8, 4) is 5.69 Å². The second kappa shape index (κ2) is 11.8. The zero-order valence-corrected chi connectivity index (χ0v) is 24.5. The number of nitrogens with one attached hydrogen (secondary N) is 2. The third-order valence-corrected chi connectivity index (χ3v) is 7.50. The Morgan fingerprint density at radius 1 is 1.10 bits per heavy atom. The Balaban J connectivity index is 1.82. The maximum Gasteiger partial charge on any atom is 0.417 e. The smallest absolute Gasteiger partial charge is 0.355 e. The van der Waals surface area contributed by atoms with Crippen LogP contribution in [-0.4, -0.2) is 45.4 Å². The molecule has 1 atom stereocenters. The molecule has 1 aliphatic rings. The van der Waals surface area contributed by atoms with Crippen LogP contribution < -0.4 is 16.2 Å². The van der Waals surface area contributed by atoms with E-state index in [-0.39, 0.29) is 57.5 Å². The predicted octanol–water partition coefficient (Wildman–Crippen LogP) is 5.72. The fraction of sp³-hybridized carbons (Fsp3) is 0.357. The second-order valence-corrected chi connectivity index (χ2v) is 11.0. The number of alkyl halides is 5. The Bertz CT molecular complexity index is 1610. The van der Waals surface area contributed by atoms with Crippen molar-refractivity contribution in [1.82, 2.24) is 19.8 Å². The van der Waals surface area contributed by atoms with Gasteiger partial charge in [0.05, 0.1) is 23.5 Å². The minimum atomic E-state index is -4.69. The van der Waals surface area contributed by atoms with Gasteiger partial charge in [-0.3, -0.25) is 14.4 Å². The number of nitrogens with zero attached hydrogens (tertiary/aromatic N) is 3. The summed E-state index contributed by atoms with van der Waals surface area (Å²) in [6, 6.07) is 5.86. The zero-order valence-electron chi connectivity index (χ0n) is 22.9. The monoisotopic (exact) mass is 655 g/mol. The molecule has 2 aromatic carbocycles. The molecule has 14 heteroatoms. The first-order valence-corrected chi connectivity index (χ1v) is 13.7. The van der Waals surface area contributed by atoms with Gasteiger partial charge in [0, 0.05) is 45.9 Å². The molecule has 0 radical (unpaired) electrons. The van der Waals surface area contributed by atoms with E-state index in [1.807, 2.05) is 0 Å². The molecule has 0 bridgehead atoms. The topological polar surface area (TPSA) is 96.3 Å². The standard InChI is InChI=1S/C28H27BrF5N5O3/c1-13(2)36-27-37-21-12-38(25(41)16-5-7-20(29)19(11-16)28(32,33)34)14(3)9-17(21)26(42)39(27)22-8-6-15(24(40)35-4)10-18(22)23(30)31/h5-8,10-11,13-14,23H,9,12H2,1-4H3,(H,35,40)(H,36,37)/t14-/m1/s1. The van der Waals surface area contributed by atoms with Crippen molar-refractivity contribution in [2.45, 2.75) is 58.4 Å². The number of carbonyl (C=O) groups is 2. The fourth-order valence-corrected chi connectivity index (χ4v) is 5.24. The number of aromatic nitrogens is 2. The highest BCUT2D eigenvalue weighted by molar-refractivity contribution is 9.10. The largest absolute Gasteiger partial charge is 0.417 e. The van der Waals surface area contributed by atoms with Crippen LogP contribution in [0.25, 0.3) is 5.69 Å². The summed E-state index contributed by atoms with van der Waals surface area (Å²) < 4.78 is 69.6. The predicted molar refractivity (Wildman–Crippen MR) is 149 cm³/mol. The first kappa shape index (κ1) is 31.1. The molecule has 0 fully saturated rings. The van der Waals surface area contributed by atoms with Crippen molar-refractivity contribution in [1.29, 1.82) is 0 Å². The van der Waals surface area contributed by atoms with Crippen LogP contribution in [0, 0.1) is 0 Å². The van der Waals surface area contributed by atoms with Crippen molar-refractivity contribution < 1.29 is 31.5 Å². The van der Waals surface area contributed by atoms with Crippen LogP contribution in [0.3, 0.4) is 0 Å². The lowest BCUT2D eigenvalue weighted by molar-refractivity contribution is -0.138. The van der Waals surface area contributed by atoms with Gasteiger partial charge in [-0.1, -0.05) is 15.9 Å². The summed E-state index contributed by atoms with van der Waals surface area (Å²) in [5, 5.41) is 5.36. The van der Waals surface area contributed by atoms with Gasteiger partial charge in [0.1, 0.15) is 0 Å². The Kier molecular flexibility index (Phi) is 8.76. The molecular formula is C28H27BrF5N5O3. The van der Waals surface area contributed by atoms with Gasteiger partial charge < -0.3 is 15.5 Å². The molecule has 224 valence electrons. The lowest BCUT2D eigenvalue weighted by Gasteiger charge is -2.35. The molecule has 1 aromatic heterocycles. The van der Waals surface area contributed by atoms with E-state index in [1.165, 1.54) is 30.1 Å². The van der Waals surface area contributed by atoms with Gasteiger partial charge in [0.25, 0.3) is 23.8 Å². The van der Waals surface area contributed by atoms with Gasteiger partial charge in [-0.05, 0) is 63.6 Å². The number of halogens is 6. The highest BCUT2D eigenvalue weighted by Gasteiger charge is 2.36. The number of fused-ring (bicyclic) bond motifs is 1. The average Bonchev–Trinajstić information content (AvgIpc) is 2.91. The third kappa shape index (κ3) is 6.03. The lowest BCUT2D eigenvalue weighted by atomic mass is 9.98. The molecule has 0 spiro atoms. The van der Waals surface area contributed by atoms with E-state index in [0.717, 1.165) is 22.8 Å². The molecule has 0 saturated heterocycles. The van der Waals surface area contributed by atoms with Crippen molar-refractivity contribution >= 4 is 33.7 Å². The number of anilines is 1. The second-order valence-electron chi connectivity index (χ2n) is 10.1. The summed E-state index contributed by atoms with van der Waals surface area (Å²) in [6.07, 6.45) is -7.73. The summed E-state index contributed by atoms with van der Waals surface area (Å²) in [5.74, 6) is -1.32. The van der Waals surface area contributed by atoms with Crippen molar-refractivity contribution in [3.63, 3.8) is 0 Å². The van der Waals surface area contributed by atoms with Gasteiger partial charge >= 0.3 is 6.18 Å². The molecule has 2 amide bonds. The molecule has 3 aromatic rings. The zero-order chi connectivity index (χ0) is 31.1. The quantitative estimate of drug-likeness (QED) is 0.331. The molecule has 42 heavy (non-hydrogen) atoms. The Morgan fingerprint density at radius 3 is 2.36 bits per heavy atom. The number of benzene rings is 2. The maximum atomic E-state index is 14.2. The number of hydrogen-bond acceptors (Lipinski definition) is 5. The van der Waals surface area contributed by atoms with Crippen LogP contribution in [-0.2, 0) is 19.1 Å². The highest BCUT2D eigenvalue weighted by Crippen LogP contribution is 2.36. The van der Waals surface area contributed by atoms with E-state index in [1.54, 1.807) is 20.8 Å². The van der Waals surface area contributed by atoms with E-state index in [2.05, 4.69) is 31.5 Å². The Morgan fingerprint density at radius 2 is 1.76 bits per heavy atom. The van der Waals surface area contributed by atoms with E-state index in [4.69, 9.17) is 0 Å². The summed E-state index contributed by atoms with van der Waals surface area (Å²) in [6.45, 7) is 4.95. The molecule has 2 N–H and O–H groups in total. The lowest BCUT2D eigenvalue weighted by Crippen LogP contribution is -2.46. The van der Waals surface area contributed by atoms with Crippen molar-refractivity contribution in [2.75, 3.05) is 12.4 Å². The first-order valence-electron chi connectivity index (χ1n) is 12.9. The van der Waals surface area contributed by atoms with Gasteiger partial charge in [-0.2, -0.15) is 13.2 Å². The van der Waals surface area contributed by atoms with Crippen molar-refractivity contribution in [2.24, 2.45) is 0 Å². The molecule has 1 aliphatic heterocycles. The average molecular weight is 656 g/mol. The summed E-state index contributed by atoms with van der Waals surface area (Å²) in [5.41, 5.74) is -2.18. The summed E-state index contributed by atoms with van der Waals surface area (Å²) in [7, 11) is 1.36. The van der Waals surface area contributed by atoms with E-state index in [9.17, 15) is 36.3 Å². The van der Waals surface area contributed by atoms with Crippen LogP contribution in [0.5, 0.6) is 0 Å². The SMILES string of the molecule is CNC(=O)c1ccc(-n2c(NC(C)C)nc3c(c2=O)C[C@@H](C)N(C(=O)c2ccc(Br)c(C(F)(F)F)c2)C3)c(C(F)F)c1. The minimum absolute atomic E-state index is 0.0155.